The van der Waals surface area contributed by atoms with E-state index in [0.717, 1.165) is 5.92 Å². The van der Waals surface area contributed by atoms with E-state index in [-0.39, 0.29) is 0 Å². The standard InChI is InChI=1S/C10H22O/c1-4-6-10(7-5-2)9(3)8-11/h9-11H,4-8H2,1-3H3. The van der Waals surface area contributed by atoms with E-state index >= 15 is 0 Å². The second-order valence-electron chi connectivity index (χ2n) is 3.50. The first kappa shape index (κ1) is 11.0. The Morgan fingerprint density at radius 3 is 1.82 bits per heavy atom. The van der Waals surface area contributed by atoms with Crippen LogP contribution >= 0.6 is 0 Å². The van der Waals surface area contributed by atoms with Gasteiger partial charge >= 0.3 is 0 Å². The Kier molecular flexibility index (Phi) is 6.63. The Labute approximate surface area is 70.8 Å². The topological polar surface area (TPSA) is 20.2 Å². The number of aliphatic hydroxyl groups excluding tert-OH is 1. The molecular weight excluding hydrogens is 136 g/mol. The van der Waals surface area contributed by atoms with Gasteiger partial charge in [0.1, 0.15) is 0 Å². The Morgan fingerprint density at radius 2 is 1.55 bits per heavy atom. The minimum atomic E-state index is 0.352. The fourth-order valence-electron chi connectivity index (χ4n) is 1.60. The summed E-state index contributed by atoms with van der Waals surface area (Å²) in [5, 5.41) is 8.96. The number of hydrogen-bond acceptors (Lipinski definition) is 1. The van der Waals surface area contributed by atoms with Crippen molar-refractivity contribution in [1.82, 2.24) is 0 Å². The molecule has 0 aliphatic rings. The molecule has 68 valence electrons. The first-order chi connectivity index (χ1) is 5.26. The molecule has 0 saturated heterocycles. The van der Waals surface area contributed by atoms with E-state index in [1.807, 2.05) is 0 Å². The molecule has 0 spiro atoms. The predicted octanol–water partition coefficient (Wildman–Crippen LogP) is 2.83. The minimum Gasteiger partial charge on any atom is -0.396 e. The van der Waals surface area contributed by atoms with Gasteiger partial charge in [-0.15, -0.1) is 0 Å². The zero-order chi connectivity index (χ0) is 8.69. The van der Waals surface area contributed by atoms with E-state index in [1.54, 1.807) is 0 Å². The highest BCUT2D eigenvalue weighted by atomic mass is 16.3. The monoisotopic (exact) mass is 158 g/mol. The zero-order valence-corrected chi connectivity index (χ0v) is 8.14. The van der Waals surface area contributed by atoms with Crippen molar-refractivity contribution in [2.24, 2.45) is 11.8 Å². The molecule has 0 heterocycles. The molecule has 0 saturated carbocycles. The van der Waals surface area contributed by atoms with Crippen molar-refractivity contribution in [3.63, 3.8) is 0 Å². The summed E-state index contributed by atoms with van der Waals surface area (Å²) < 4.78 is 0. The van der Waals surface area contributed by atoms with Crippen LogP contribution in [0, 0.1) is 11.8 Å². The van der Waals surface area contributed by atoms with Crippen molar-refractivity contribution < 1.29 is 5.11 Å². The molecule has 1 N–H and O–H groups in total. The maximum Gasteiger partial charge on any atom is 0.0459 e. The van der Waals surface area contributed by atoms with Crippen LogP contribution < -0.4 is 0 Å². The Bertz CT molecular complexity index is 74.9. The number of hydrogen-bond donors (Lipinski definition) is 1. The van der Waals surface area contributed by atoms with Gasteiger partial charge in [0, 0.05) is 6.61 Å². The molecule has 1 unspecified atom stereocenters. The summed E-state index contributed by atoms with van der Waals surface area (Å²) in [4.78, 5) is 0. The lowest BCUT2D eigenvalue weighted by atomic mass is 9.87. The van der Waals surface area contributed by atoms with Crippen LogP contribution in [0.15, 0.2) is 0 Å². The molecule has 0 fully saturated rings. The van der Waals surface area contributed by atoms with Crippen molar-refractivity contribution in [3.05, 3.63) is 0 Å². The SMILES string of the molecule is CCCC(CCC)C(C)CO. The average Bonchev–Trinajstić information content (AvgIpc) is 2.03. The normalized spacial score (nSPS) is 13.9. The van der Waals surface area contributed by atoms with Crippen LogP contribution in [-0.2, 0) is 0 Å². The molecule has 0 aromatic carbocycles. The van der Waals surface area contributed by atoms with E-state index in [4.69, 9.17) is 5.11 Å². The van der Waals surface area contributed by atoms with E-state index < -0.39 is 0 Å². The molecule has 1 heteroatoms. The van der Waals surface area contributed by atoms with Crippen LogP contribution in [-0.4, -0.2) is 11.7 Å². The maximum atomic E-state index is 8.96. The Hall–Kier alpha value is -0.0400. The first-order valence-electron chi connectivity index (χ1n) is 4.87. The van der Waals surface area contributed by atoms with Crippen LogP contribution in [0.4, 0.5) is 0 Å². The molecule has 0 amide bonds. The number of aliphatic hydroxyl groups is 1. The third-order valence-corrected chi connectivity index (χ3v) is 2.41. The van der Waals surface area contributed by atoms with E-state index in [1.165, 1.54) is 25.7 Å². The van der Waals surface area contributed by atoms with Gasteiger partial charge in [0.25, 0.3) is 0 Å². The van der Waals surface area contributed by atoms with Crippen molar-refractivity contribution in [2.45, 2.75) is 46.5 Å². The van der Waals surface area contributed by atoms with Gasteiger partial charge in [-0.05, 0) is 11.8 Å². The smallest absolute Gasteiger partial charge is 0.0459 e. The third-order valence-electron chi connectivity index (χ3n) is 2.41. The second kappa shape index (κ2) is 6.66. The molecule has 11 heavy (non-hydrogen) atoms. The van der Waals surface area contributed by atoms with Gasteiger partial charge in [0.2, 0.25) is 0 Å². The van der Waals surface area contributed by atoms with Crippen LogP contribution in [0.5, 0.6) is 0 Å². The predicted molar refractivity (Wildman–Crippen MR) is 49.6 cm³/mol. The highest BCUT2D eigenvalue weighted by Gasteiger charge is 2.13. The molecule has 0 bridgehead atoms. The highest BCUT2D eigenvalue weighted by molar-refractivity contribution is 4.64. The van der Waals surface area contributed by atoms with Gasteiger partial charge in [-0.25, -0.2) is 0 Å². The summed E-state index contributed by atoms with van der Waals surface area (Å²) in [6.07, 6.45) is 5.04. The lowest BCUT2D eigenvalue weighted by Crippen LogP contribution is -2.14. The van der Waals surface area contributed by atoms with Gasteiger partial charge < -0.3 is 5.11 Å². The molecular formula is C10H22O. The minimum absolute atomic E-state index is 0.352. The molecule has 0 aromatic heterocycles. The summed E-state index contributed by atoms with van der Waals surface area (Å²) in [6, 6.07) is 0. The average molecular weight is 158 g/mol. The largest absolute Gasteiger partial charge is 0.396 e. The summed E-state index contributed by atoms with van der Waals surface area (Å²) in [5.74, 6) is 1.24. The van der Waals surface area contributed by atoms with Gasteiger partial charge in [-0.2, -0.15) is 0 Å². The Balaban J connectivity index is 3.66. The zero-order valence-electron chi connectivity index (χ0n) is 8.14. The Morgan fingerprint density at radius 1 is 1.09 bits per heavy atom. The van der Waals surface area contributed by atoms with Crippen LogP contribution in [0.2, 0.25) is 0 Å². The lowest BCUT2D eigenvalue weighted by Gasteiger charge is -2.20. The summed E-state index contributed by atoms with van der Waals surface area (Å²) in [5.41, 5.74) is 0. The van der Waals surface area contributed by atoms with Gasteiger partial charge in [0.15, 0.2) is 0 Å². The van der Waals surface area contributed by atoms with E-state index in [9.17, 15) is 0 Å². The number of rotatable bonds is 6. The highest BCUT2D eigenvalue weighted by Crippen LogP contribution is 2.22. The second-order valence-corrected chi connectivity index (χ2v) is 3.50. The summed E-state index contributed by atoms with van der Waals surface area (Å²) >= 11 is 0. The van der Waals surface area contributed by atoms with Crippen molar-refractivity contribution in [3.8, 4) is 0 Å². The summed E-state index contributed by atoms with van der Waals surface area (Å²) in [7, 11) is 0. The van der Waals surface area contributed by atoms with Crippen LogP contribution in [0.3, 0.4) is 0 Å². The van der Waals surface area contributed by atoms with Crippen LogP contribution in [0.25, 0.3) is 0 Å². The molecule has 0 aliphatic heterocycles. The van der Waals surface area contributed by atoms with Crippen molar-refractivity contribution >= 4 is 0 Å². The fraction of sp³-hybridized carbons (Fsp3) is 1.00. The van der Waals surface area contributed by atoms with E-state index in [2.05, 4.69) is 20.8 Å². The summed E-state index contributed by atoms with van der Waals surface area (Å²) in [6.45, 7) is 6.93. The molecule has 0 rings (SSSR count). The quantitative estimate of drug-likeness (QED) is 0.630. The molecule has 1 atom stereocenters. The van der Waals surface area contributed by atoms with Crippen molar-refractivity contribution in [2.75, 3.05) is 6.61 Å². The van der Waals surface area contributed by atoms with Gasteiger partial charge in [-0.3, -0.25) is 0 Å². The molecule has 1 nitrogen and oxygen atoms in total. The van der Waals surface area contributed by atoms with Gasteiger partial charge in [0.05, 0.1) is 0 Å². The van der Waals surface area contributed by atoms with Gasteiger partial charge in [-0.1, -0.05) is 46.5 Å². The first-order valence-corrected chi connectivity index (χ1v) is 4.87. The molecule has 0 aromatic rings. The molecule has 0 aliphatic carbocycles. The molecule has 0 radical (unpaired) electrons. The van der Waals surface area contributed by atoms with E-state index in [0.29, 0.717) is 12.5 Å². The van der Waals surface area contributed by atoms with Crippen molar-refractivity contribution in [1.29, 1.82) is 0 Å². The maximum absolute atomic E-state index is 8.96. The van der Waals surface area contributed by atoms with Crippen LogP contribution in [0.1, 0.15) is 46.5 Å². The lowest BCUT2D eigenvalue weighted by molar-refractivity contribution is 0.175. The fourth-order valence-corrected chi connectivity index (χ4v) is 1.60. The third kappa shape index (κ3) is 4.41.